The lowest BCUT2D eigenvalue weighted by molar-refractivity contribution is -0.385. The summed E-state index contributed by atoms with van der Waals surface area (Å²) in [7, 11) is -2.57. The van der Waals surface area contributed by atoms with Crippen LogP contribution >= 0.6 is 0 Å². The fourth-order valence-electron chi connectivity index (χ4n) is 2.52. The van der Waals surface area contributed by atoms with E-state index in [4.69, 9.17) is 0 Å². The first-order valence-corrected chi connectivity index (χ1v) is 8.23. The van der Waals surface area contributed by atoms with Gasteiger partial charge in [-0.25, -0.2) is 8.42 Å². The van der Waals surface area contributed by atoms with Crippen LogP contribution < -0.4 is 4.31 Å². The average molecular weight is 328 g/mol. The van der Waals surface area contributed by atoms with Crippen molar-refractivity contribution in [2.24, 2.45) is 5.92 Å². The predicted molar refractivity (Wildman–Crippen MR) is 79.1 cm³/mol. The number of rotatable bonds is 5. The highest BCUT2D eigenvalue weighted by atomic mass is 32.2. The minimum Gasteiger partial charge on any atom is -0.469 e. The maximum absolute atomic E-state index is 12.5. The SMILES string of the molecule is COC(=O)[C@@H](C)CS(=O)(=O)N1CCc2c1cccc2[N+](=O)[O-]. The van der Waals surface area contributed by atoms with E-state index in [0.717, 1.165) is 4.31 Å². The molecule has 0 aromatic heterocycles. The Balaban J connectivity index is 2.32. The quantitative estimate of drug-likeness (QED) is 0.455. The Kier molecular flexibility index (Phi) is 4.36. The zero-order valence-electron chi connectivity index (χ0n) is 12.2. The minimum absolute atomic E-state index is 0.0868. The summed E-state index contributed by atoms with van der Waals surface area (Å²) >= 11 is 0. The molecule has 0 saturated carbocycles. The summed E-state index contributed by atoms with van der Waals surface area (Å²) in [6, 6.07) is 4.34. The molecule has 0 aliphatic carbocycles. The molecule has 0 spiro atoms. The van der Waals surface area contributed by atoms with Crippen LogP contribution in [0.2, 0.25) is 0 Å². The molecule has 8 nitrogen and oxygen atoms in total. The van der Waals surface area contributed by atoms with Gasteiger partial charge in [-0.1, -0.05) is 13.0 Å². The molecule has 1 aliphatic rings. The maximum Gasteiger partial charge on any atom is 0.309 e. The molecule has 0 amide bonds. The van der Waals surface area contributed by atoms with Crippen LogP contribution in [0, 0.1) is 16.0 Å². The molecule has 0 radical (unpaired) electrons. The Morgan fingerprint density at radius 2 is 2.18 bits per heavy atom. The Labute approximate surface area is 127 Å². The van der Waals surface area contributed by atoms with E-state index in [1.807, 2.05) is 0 Å². The zero-order valence-corrected chi connectivity index (χ0v) is 13.0. The first-order chi connectivity index (χ1) is 10.3. The van der Waals surface area contributed by atoms with Crippen molar-refractivity contribution in [3.05, 3.63) is 33.9 Å². The van der Waals surface area contributed by atoms with Gasteiger partial charge in [-0.05, 0) is 12.5 Å². The average Bonchev–Trinajstić information content (AvgIpc) is 2.90. The standard InChI is InChI=1S/C13H16N2O6S/c1-9(13(16)21-2)8-22(19,20)14-7-6-10-11(14)4-3-5-12(10)15(17)18/h3-5,9H,6-8H2,1-2H3/t9-/m0/s1. The zero-order chi connectivity index (χ0) is 16.5. The van der Waals surface area contributed by atoms with Crippen LogP contribution in [-0.4, -0.2) is 38.7 Å². The van der Waals surface area contributed by atoms with Gasteiger partial charge in [0.05, 0.1) is 35.0 Å². The number of anilines is 1. The molecule has 120 valence electrons. The van der Waals surface area contributed by atoms with Crippen LogP contribution in [0.15, 0.2) is 18.2 Å². The van der Waals surface area contributed by atoms with Gasteiger partial charge in [0.1, 0.15) is 0 Å². The molecule has 9 heteroatoms. The summed E-state index contributed by atoms with van der Waals surface area (Å²) in [5, 5.41) is 11.0. The fourth-order valence-corrected chi connectivity index (χ4v) is 4.31. The van der Waals surface area contributed by atoms with Gasteiger partial charge in [0.25, 0.3) is 5.69 Å². The number of methoxy groups -OCH3 is 1. The Hall–Kier alpha value is -2.16. The maximum atomic E-state index is 12.5. The highest BCUT2D eigenvalue weighted by Gasteiger charge is 2.35. The summed E-state index contributed by atoms with van der Waals surface area (Å²) in [6.45, 7) is 1.60. The number of sulfonamides is 1. The lowest BCUT2D eigenvalue weighted by Crippen LogP contribution is -2.35. The largest absolute Gasteiger partial charge is 0.469 e. The van der Waals surface area contributed by atoms with Crippen molar-refractivity contribution < 1.29 is 22.9 Å². The summed E-state index contributed by atoms with van der Waals surface area (Å²) in [6.07, 6.45) is 0.276. The van der Waals surface area contributed by atoms with Crippen LogP contribution in [0.1, 0.15) is 12.5 Å². The molecule has 0 N–H and O–H groups in total. The molecule has 1 aromatic carbocycles. The topological polar surface area (TPSA) is 107 Å². The van der Waals surface area contributed by atoms with Gasteiger partial charge in [-0.2, -0.15) is 0 Å². The van der Waals surface area contributed by atoms with Crippen LogP contribution in [0.3, 0.4) is 0 Å². The van der Waals surface area contributed by atoms with Crippen molar-refractivity contribution in [3.8, 4) is 0 Å². The Bertz CT molecular complexity index is 715. The molecule has 22 heavy (non-hydrogen) atoms. The third kappa shape index (κ3) is 2.89. The summed E-state index contributed by atoms with van der Waals surface area (Å²) in [4.78, 5) is 21.9. The summed E-state index contributed by atoms with van der Waals surface area (Å²) < 4.78 is 30.6. The summed E-state index contributed by atoms with van der Waals surface area (Å²) in [5.74, 6) is -1.82. The number of nitro benzene ring substituents is 1. The van der Waals surface area contributed by atoms with E-state index in [-0.39, 0.29) is 18.7 Å². The van der Waals surface area contributed by atoms with E-state index in [1.54, 1.807) is 0 Å². The molecule has 2 rings (SSSR count). The first kappa shape index (κ1) is 16.2. The second kappa shape index (κ2) is 5.91. The molecule has 1 heterocycles. The number of ether oxygens (including phenoxy) is 1. The molecular weight excluding hydrogens is 312 g/mol. The molecular formula is C13H16N2O6S. The number of carbonyl (C=O) groups excluding carboxylic acids is 1. The highest BCUT2D eigenvalue weighted by molar-refractivity contribution is 7.92. The lowest BCUT2D eigenvalue weighted by Gasteiger charge is -2.21. The fraction of sp³-hybridized carbons (Fsp3) is 0.462. The van der Waals surface area contributed by atoms with Gasteiger partial charge in [-0.3, -0.25) is 19.2 Å². The van der Waals surface area contributed by atoms with Gasteiger partial charge in [-0.15, -0.1) is 0 Å². The van der Waals surface area contributed by atoms with Crippen LogP contribution in [0.4, 0.5) is 11.4 Å². The monoisotopic (exact) mass is 328 g/mol. The van der Waals surface area contributed by atoms with Crippen LogP contribution in [0.25, 0.3) is 0 Å². The molecule has 0 unspecified atom stereocenters. The van der Waals surface area contributed by atoms with E-state index in [0.29, 0.717) is 11.3 Å². The van der Waals surface area contributed by atoms with Crippen molar-refractivity contribution in [2.75, 3.05) is 23.7 Å². The van der Waals surface area contributed by atoms with Gasteiger partial charge in [0.2, 0.25) is 10.0 Å². The van der Waals surface area contributed by atoms with Gasteiger partial charge in [0.15, 0.2) is 0 Å². The molecule has 0 fully saturated rings. The van der Waals surface area contributed by atoms with E-state index >= 15 is 0 Å². The number of hydrogen-bond donors (Lipinski definition) is 0. The van der Waals surface area contributed by atoms with Crippen molar-refractivity contribution in [2.45, 2.75) is 13.3 Å². The molecule has 1 aliphatic heterocycles. The molecule has 0 saturated heterocycles. The second-order valence-electron chi connectivity index (χ2n) is 5.06. The minimum atomic E-state index is -3.76. The second-order valence-corrected chi connectivity index (χ2v) is 6.99. The van der Waals surface area contributed by atoms with E-state index in [2.05, 4.69) is 4.74 Å². The number of fused-ring (bicyclic) bond motifs is 1. The van der Waals surface area contributed by atoms with Crippen LogP contribution in [-0.2, 0) is 26.0 Å². The van der Waals surface area contributed by atoms with Crippen LogP contribution in [0.5, 0.6) is 0 Å². The number of esters is 1. The molecule has 1 atom stereocenters. The number of nitro groups is 1. The predicted octanol–water partition coefficient (Wildman–Crippen LogP) is 1.10. The normalized spacial score (nSPS) is 15.3. The van der Waals surface area contributed by atoms with Gasteiger partial charge in [0, 0.05) is 12.6 Å². The molecule has 1 aromatic rings. The van der Waals surface area contributed by atoms with Crippen molar-refractivity contribution in [1.29, 1.82) is 0 Å². The van der Waals surface area contributed by atoms with Crippen molar-refractivity contribution in [3.63, 3.8) is 0 Å². The van der Waals surface area contributed by atoms with E-state index in [9.17, 15) is 23.3 Å². The summed E-state index contributed by atoms with van der Waals surface area (Å²) in [5.41, 5.74) is 0.629. The smallest absolute Gasteiger partial charge is 0.309 e. The number of carbonyl (C=O) groups is 1. The number of hydrogen-bond acceptors (Lipinski definition) is 6. The molecule has 0 bridgehead atoms. The van der Waals surface area contributed by atoms with Gasteiger partial charge >= 0.3 is 5.97 Å². The highest BCUT2D eigenvalue weighted by Crippen LogP contribution is 2.36. The first-order valence-electron chi connectivity index (χ1n) is 6.62. The third-order valence-electron chi connectivity index (χ3n) is 3.56. The number of benzene rings is 1. The Morgan fingerprint density at radius 3 is 2.77 bits per heavy atom. The van der Waals surface area contributed by atoms with Gasteiger partial charge < -0.3 is 4.74 Å². The van der Waals surface area contributed by atoms with E-state index in [1.165, 1.54) is 32.2 Å². The Morgan fingerprint density at radius 1 is 1.50 bits per heavy atom. The van der Waals surface area contributed by atoms with Crippen molar-refractivity contribution in [1.82, 2.24) is 0 Å². The third-order valence-corrected chi connectivity index (χ3v) is 5.53. The van der Waals surface area contributed by atoms with Crippen molar-refractivity contribution >= 4 is 27.4 Å². The lowest BCUT2D eigenvalue weighted by atomic mass is 10.1. The number of nitrogens with zero attached hydrogens (tertiary/aromatic N) is 2. The van der Waals surface area contributed by atoms with E-state index < -0.39 is 32.6 Å².